The van der Waals surface area contributed by atoms with Gasteiger partial charge in [0, 0.05) is 13.2 Å². The van der Waals surface area contributed by atoms with Gasteiger partial charge in [0.25, 0.3) is 5.56 Å². The molecule has 0 bridgehead atoms. The van der Waals surface area contributed by atoms with Gasteiger partial charge in [-0.1, -0.05) is 0 Å². The van der Waals surface area contributed by atoms with E-state index in [0.717, 1.165) is 19.3 Å². The summed E-state index contributed by atoms with van der Waals surface area (Å²) in [4.78, 5) is 22.6. The second-order valence-corrected chi connectivity index (χ2v) is 4.48. The molecular weight excluding hydrogens is 236 g/mol. The maximum absolute atomic E-state index is 11.8. The Hall–Kier alpha value is -1.69. The molecule has 1 heterocycles. The molecule has 2 unspecified atom stereocenters. The Bertz CT molecular complexity index is 497. The fourth-order valence-corrected chi connectivity index (χ4v) is 2.36. The molecule has 1 N–H and O–H groups in total. The van der Waals surface area contributed by atoms with E-state index in [0.29, 0.717) is 6.42 Å². The van der Waals surface area contributed by atoms with Gasteiger partial charge in [-0.25, -0.2) is 9.48 Å². The molecule has 1 aliphatic carbocycles. The fourth-order valence-electron chi connectivity index (χ4n) is 2.36. The number of carboxylic acids is 1. The Balaban J connectivity index is 2.29. The molecule has 2 rings (SSSR count). The van der Waals surface area contributed by atoms with E-state index in [4.69, 9.17) is 9.84 Å². The van der Waals surface area contributed by atoms with Gasteiger partial charge in [-0.05, 0) is 31.7 Å². The number of ether oxygens (including phenoxy) is 1. The van der Waals surface area contributed by atoms with Gasteiger partial charge in [0.1, 0.15) is 0 Å². The number of aromatic nitrogens is 2. The molecule has 1 aliphatic rings. The summed E-state index contributed by atoms with van der Waals surface area (Å²) in [6.07, 6.45) is 3.57. The molecule has 1 fully saturated rings. The van der Waals surface area contributed by atoms with Crippen molar-refractivity contribution in [2.45, 2.75) is 37.8 Å². The fraction of sp³-hybridized carbons (Fsp3) is 0.583. The predicted octanol–water partition coefficient (Wildman–Crippen LogP) is 1.07. The first kappa shape index (κ1) is 12.8. The molecule has 0 aliphatic heterocycles. The lowest BCUT2D eigenvalue weighted by molar-refractivity contribution is 0.0493. The van der Waals surface area contributed by atoms with Crippen LogP contribution in [0.15, 0.2) is 16.9 Å². The second kappa shape index (κ2) is 5.30. The first-order chi connectivity index (χ1) is 8.61. The molecule has 0 aromatic carbocycles. The van der Waals surface area contributed by atoms with Crippen LogP contribution in [0.5, 0.6) is 0 Å². The second-order valence-electron chi connectivity index (χ2n) is 4.48. The van der Waals surface area contributed by atoms with Gasteiger partial charge in [0.15, 0.2) is 5.69 Å². The van der Waals surface area contributed by atoms with Crippen LogP contribution in [0.1, 0.15) is 42.2 Å². The zero-order chi connectivity index (χ0) is 13.1. The number of carbonyl (C=O) groups is 1. The van der Waals surface area contributed by atoms with Gasteiger partial charge in [-0.3, -0.25) is 4.79 Å². The van der Waals surface area contributed by atoms with Crippen molar-refractivity contribution in [1.82, 2.24) is 9.78 Å². The number of aromatic carboxylic acids is 1. The summed E-state index contributed by atoms with van der Waals surface area (Å²) in [5.74, 6) is -1.12. The number of hydrogen-bond donors (Lipinski definition) is 1. The molecule has 0 amide bonds. The van der Waals surface area contributed by atoms with E-state index in [-0.39, 0.29) is 23.4 Å². The van der Waals surface area contributed by atoms with Crippen LogP contribution in [0, 0.1) is 0 Å². The first-order valence-electron chi connectivity index (χ1n) is 5.97. The average molecular weight is 252 g/mol. The minimum Gasteiger partial charge on any atom is -0.476 e. The van der Waals surface area contributed by atoms with Gasteiger partial charge in [0.2, 0.25) is 0 Å². The molecule has 0 spiro atoms. The summed E-state index contributed by atoms with van der Waals surface area (Å²) in [5.41, 5.74) is -0.365. The van der Waals surface area contributed by atoms with Crippen LogP contribution in [-0.2, 0) is 4.74 Å². The van der Waals surface area contributed by atoms with E-state index in [1.807, 2.05) is 0 Å². The molecule has 6 nitrogen and oxygen atoms in total. The van der Waals surface area contributed by atoms with Crippen molar-refractivity contribution >= 4 is 5.97 Å². The number of carboxylic acid groups (broad SMARTS) is 1. The van der Waals surface area contributed by atoms with Gasteiger partial charge < -0.3 is 9.84 Å². The molecular formula is C12H16N2O4. The van der Waals surface area contributed by atoms with Crippen LogP contribution >= 0.6 is 0 Å². The van der Waals surface area contributed by atoms with Crippen molar-refractivity contribution < 1.29 is 14.6 Å². The van der Waals surface area contributed by atoms with Crippen LogP contribution in [0.25, 0.3) is 0 Å². The number of rotatable bonds is 3. The third-order valence-electron chi connectivity index (χ3n) is 3.32. The highest BCUT2D eigenvalue weighted by atomic mass is 16.5. The molecule has 6 heteroatoms. The Morgan fingerprint density at radius 3 is 2.94 bits per heavy atom. The van der Waals surface area contributed by atoms with Crippen molar-refractivity contribution in [3.63, 3.8) is 0 Å². The van der Waals surface area contributed by atoms with E-state index >= 15 is 0 Å². The van der Waals surface area contributed by atoms with E-state index in [1.54, 1.807) is 7.11 Å². The Labute approximate surface area is 104 Å². The highest BCUT2D eigenvalue weighted by Crippen LogP contribution is 2.28. The van der Waals surface area contributed by atoms with Crippen molar-refractivity contribution in [2.24, 2.45) is 0 Å². The summed E-state index contributed by atoms with van der Waals surface area (Å²) in [5, 5.41) is 12.8. The summed E-state index contributed by atoms with van der Waals surface area (Å²) in [7, 11) is 1.65. The Morgan fingerprint density at radius 1 is 1.50 bits per heavy atom. The highest BCUT2D eigenvalue weighted by Gasteiger charge is 2.25. The Morgan fingerprint density at radius 2 is 2.28 bits per heavy atom. The van der Waals surface area contributed by atoms with E-state index in [2.05, 4.69) is 5.10 Å². The van der Waals surface area contributed by atoms with Gasteiger partial charge in [-0.2, -0.15) is 5.10 Å². The largest absolute Gasteiger partial charge is 0.476 e. The molecule has 1 saturated carbocycles. The summed E-state index contributed by atoms with van der Waals surface area (Å²) >= 11 is 0. The van der Waals surface area contributed by atoms with Crippen molar-refractivity contribution in [2.75, 3.05) is 7.11 Å². The zero-order valence-corrected chi connectivity index (χ0v) is 10.2. The van der Waals surface area contributed by atoms with Gasteiger partial charge in [0.05, 0.1) is 12.1 Å². The lowest BCUT2D eigenvalue weighted by atomic mass is 9.93. The molecule has 1 aromatic rings. The monoisotopic (exact) mass is 252 g/mol. The normalized spacial score (nSPS) is 23.8. The number of nitrogens with zero attached hydrogens (tertiary/aromatic N) is 2. The van der Waals surface area contributed by atoms with Crippen LogP contribution in [0.4, 0.5) is 0 Å². The molecule has 0 saturated heterocycles. The number of methoxy groups -OCH3 is 1. The maximum Gasteiger partial charge on any atom is 0.356 e. The van der Waals surface area contributed by atoms with Crippen LogP contribution < -0.4 is 5.56 Å². The minimum absolute atomic E-state index is 0.0736. The quantitative estimate of drug-likeness (QED) is 0.870. The van der Waals surface area contributed by atoms with E-state index < -0.39 is 5.97 Å². The third-order valence-corrected chi connectivity index (χ3v) is 3.32. The highest BCUT2D eigenvalue weighted by molar-refractivity contribution is 5.84. The van der Waals surface area contributed by atoms with E-state index in [1.165, 1.54) is 16.8 Å². The zero-order valence-electron chi connectivity index (χ0n) is 10.2. The van der Waals surface area contributed by atoms with Crippen molar-refractivity contribution in [3.05, 3.63) is 28.2 Å². The lowest BCUT2D eigenvalue weighted by Crippen LogP contribution is -2.33. The molecule has 98 valence electrons. The molecule has 2 atom stereocenters. The predicted molar refractivity (Wildman–Crippen MR) is 63.8 cm³/mol. The van der Waals surface area contributed by atoms with Crippen molar-refractivity contribution in [1.29, 1.82) is 0 Å². The topological polar surface area (TPSA) is 81.4 Å². The summed E-state index contributed by atoms with van der Waals surface area (Å²) in [6, 6.07) is 2.42. The van der Waals surface area contributed by atoms with E-state index in [9.17, 15) is 9.59 Å². The number of hydrogen-bond acceptors (Lipinski definition) is 4. The molecule has 18 heavy (non-hydrogen) atoms. The molecule has 0 radical (unpaired) electrons. The minimum atomic E-state index is -1.12. The smallest absolute Gasteiger partial charge is 0.356 e. The standard InChI is InChI=1S/C12H16N2O4/c1-18-9-4-2-3-8(7-9)14-11(15)6-5-10(13-14)12(16)17/h5-6,8-9H,2-4,7H2,1H3,(H,16,17). The summed E-state index contributed by atoms with van der Waals surface area (Å²) in [6.45, 7) is 0. The SMILES string of the molecule is COC1CCCC(n2nc(C(=O)O)ccc2=O)C1. The van der Waals surface area contributed by atoms with Gasteiger partial charge >= 0.3 is 5.97 Å². The van der Waals surface area contributed by atoms with Crippen LogP contribution in [-0.4, -0.2) is 34.1 Å². The first-order valence-corrected chi connectivity index (χ1v) is 5.97. The maximum atomic E-state index is 11.8. The van der Waals surface area contributed by atoms with Crippen LogP contribution in [0.2, 0.25) is 0 Å². The average Bonchev–Trinajstić information content (AvgIpc) is 2.39. The van der Waals surface area contributed by atoms with Crippen molar-refractivity contribution in [3.8, 4) is 0 Å². The Kier molecular flexibility index (Phi) is 3.76. The van der Waals surface area contributed by atoms with Crippen LogP contribution in [0.3, 0.4) is 0 Å². The summed E-state index contributed by atoms with van der Waals surface area (Å²) < 4.78 is 6.59. The third kappa shape index (κ3) is 2.59. The van der Waals surface area contributed by atoms with Gasteiger partial charge in [-0.15, -0.1) is 0 Å². The molecule has 1 aromatic heterocycles. The lowest BCUT2D eigenvalue weighted by Gasteiger charge is -2.28.